The van der Waals surface area contributed by atoms with E-state index in [1.807, 2.05) is 6.92 Å². The van der Waals surface area contributed by atoms with Crippen molar-refractivity contribution in [2.45, 2.75) is 11.9 Å². The lowest BCUT2D eigenvalue weighted by atomic mass is 10.5. The third-order valence-electron chi connectivity index (χ3n) is 1.44. The van der Waals surface area contributed by atoms with Crippen LogP contribution >= 0.6 is 23.4 Å². The molecule has 1 amide bonds. The first-order valence-corrected chi connectivity index (χ1v) is 5.60. The second kappa shape index (κ2) is 5.88. The van der Waals surface area contributed by atoms with Gasteiger partial charge in [-0.15, -0.1) is 0 Å². The molecule has 3 nitrogen and oxygen atoms in total. The fraction of sp³-hybridized carbons (Fsp3) is 0.333. The Morgan fingerprint density at radius 3 is 3.14 bits per heavy atom. The van der Waals surface area contributed by atoms with Crippen LogP contribution < -0.4 is 5.32 Å². The van der Waals surface area contributed by atoms with Crippen molar-refractivity contribution in [3.05, 3.63) is 23.4 Å². The van der Waals surface area contributed by atoms with Gasteiger partial charge in [0.25, 0.3) is 0 Å². The van der Waals surface area contributed by atoms with E-state index in [1.54, 1.807) is 18.3 Å². The molecule has 0 spiro atoms. The monoisotopic (exact) mass is 230 g/mol. The molecule has 1 aromatic heterocycles. The van der Waals surface area contributed by atoms with E-state index < -0.39 is 0 Å². The number of amides is 1. The van der Waals surface area contributed by atoms with Gasteiger partial charge in [0, 0.05) is 12.7 Å². The van der Waals surface area contributed by atoms with Gasteiger partial charge in [-0.1, -0.05) is 23.4 Å². The molecule has 5 heteroatoms. The van der Waals surface area contributed by atoms with E-state index in [0.29, 0.717) is 22.3 Å². The van der Waals surface area contributed by atoms with E-state index in [4.69, 9.17) is 11.6 Å². The molecule has 0 aliphatic heterocycles. The number of hydrogen-bond donors (Lipinski definition) is 1. The van der Waals surface area contributed by atoms with Crippen LogP contribution in [0.5, 0.6) is 0 Å². The first-order valence-electron chi connectivity index (χ1n) is 4.24. The largest absolute Gasteiger partial charge is 0.356 e. The van der Waals surface area contributed by atoms with Crippen molar-refractivity contribution in [2.75, 3.05) is 12.3 Å². The Balaban J connectivity index is 2.46. The van der Waals surface area contributed by atoms with Gasteiger partial charge in [-0.3, -0.25) is 4.79 Å². The lowest BCUT2D eigenvalue weighted by Crippen LogP contribution is -2.24. The Kier molecular flexibility index (Phi) is 4.76. The number of carbonyl (C=O) groups excluding carboxylic acids is 1. The number of nitrogens with zero attached hydrogens (tertiary/aromatic N) is 1. The van der Waals surface area contributed by atoms with Gasteiger partial charge in [-0.25, -0.2) is 4.98 Å². The standard InChI is InChI=1S/C9H11ClN2OS/c1-2-11-8(13)6-14-9-7(10)4-3-5-12-9/h3-5H,2,6H2,1H3,(H,11,13). The van der Waals surface area contributed by atoms with Crippen LogP contribution in [0, 0.1) is 0 Å². The lowest BCUT2D eigenvalue weighted by molar-refractivity contribution is -0.118. The molecule has 0 fully saturated rings. The molecule has 76 valence electrons. The van der Waals surface area contributed by atoms with Crippen molar-refractivity contribution in [3.8, 4) is 0 Å². The molecule has 0 radical (unpaired) electrons. The minimum absolute atomic E-state index is 0.000722. The summed E-state index contributed by atoms with van der Waals surface area (Å²) in [5, 5.41) is 3.98. The molecule has 0 unspecified atom stereocenters. The van der Waals surface area contributed by atoms with Crippen molar-refractivity contribution in [3.63, 3.8) is 0 Å². The summed E-state index contributed by atoms with van der Waals surface area (Å²) in [5.41, 5.74) is 0. The SMILES string of the molecule is CCNC(=O)CSc1ncccc1Cl. The minimum atomic E-state index is -0.000722. The Morgan fingerprint density at radius 1 is 1.71 bits per heavy atom. The number of hydrogen-bond acceptors (Lipinski definition) is 3. The normalized spacial score (nSPS) is 9.86. The zero-order valence-electron chi connectivity index (χ0n) is 7.79. The van der Waals surface area contributed by atoms with Crippen LogP contribution in [-0.2, 0) is 4.79 Å². The molecular weight excluding hydrogens is 220 g/mol. The van der Waals surface area contributed by atoms with Crippen molar-refractivity contribution in [2.24, 2.45) is 0 Å². The fourth-order valence-corrected chi connectivity index (χ4v) is 1.86. The highest BCUT2D eigenvalue weighted by Crippen LogP contribution is 2.23. The summed E-state index contributed by atoms with van der Waals surface area (Å²) < 4.78 is 0. The molecule has 0 saturated heterocycles. The number of aromatic nitrogens is 1. The predicted molar refractivity (Wildman–Crippen MR) is 58.7 cm³/mol. The van der Waals surface area contributed by atoms with Crippen LogP contribution in [0.3, 0.4) is 0 Å². The van der Waals surface area contributed by atoms with Gasteiger partial charge in [0.05, 0.1) is 10.8 Å². The van der Waals surface area contributed by atoms with Crippen LogP contribution in [0.25, 0.3) is 0 Å². The van der Waals surface area contributed by atoms with Gasteiger partial charge in [-0.2, -0.15) is 0 Å². The van der Waals surface area contributed by atoms with E-state index in [2.05, 4.69) is 10.3 Å². The highest BCUT2D eigenvalue weighted by atomic mass is 35.5. The number of pyridine rings is 1. The summed E-state index contributed by atoms with van der Waals surface area (Å²) in [7, 11) is 0. The van der Waals surface area contributed by atoms with Crippen LogP contribution in [0.1, 0.15) is 6.92 Å². The topological polar surface area (TPSA) is 42.0 Å². The molecule has 0 saturated carbocycles. The molecule has 0 aliphatic rings. The molecule has 1 rings (SSSR count). The maximum absolute atomic E-state index is 11.1. The van der Waals surface area contributed by atoms with Crippen molar-refractivity contribution < 1.29 is 4.79 Å². The highest BCUT2D eigenvalue weighted by Gasteiger charge is 2.04. The number of nitrogens with one attached hydrogen (secondary N) is 1. The maximum atomic E-state index is 11.1. The van der Waals surface area contributed by atoms with Crippen molar-refractivity contribution >= 4 is 29.3 Å². The predicted octanol–water partition coefficient (Wildman–Crippen LogP) is 1.96. The zero-order valence-corrected chi connectivity index (χ0v) is 9.36. The summed E-state index contributed by atoms with van der Waals surface area (Å²) in [4.78, 5) is 15.2. The first kappa shape index (κ1) is 11.3. The van der Waals surface area contributed by atoms with Gasteiger partial charge in [0.2, 0.25) is 5.91 Å². The Bertz CT molecular complexity index is 319. The summed E-state index contributed by atoms with van der Waals surface area (Å²) in [6.07, 6.45) is 1.66. The van der Waals surface area contributed by atoms with Crippen LogP contribution in [-0.4, -0.2) is 23.2 Å². The quantitative estimate of drug-likeness (QED) is 0.805. The highest BCUT2D eigenvalue weighted by molar-refractivity contribution is 8.00. The zero-order chi connectivity index (χ0) is 10.4. The summed E-state index contributed by atoms with van der Waals surface area (Å²) in [5.74, 6) is 0.351. The Hall–Kier alpha value is -0.740. The minimum Gasteiger partial charge on any atom is -0.356 e. The van der Waals surface area contributed by atoms with E-state index in [1.165, 1.54) is 11.8 Å². The molecule has 0 atom stereocenters. The molecule has 1 N–H and O–H groups in total. The van der Waals surface area contributed by atoms with Crippen molar-refractivity contribution in [1.29, 1.82) is 0 Å². The third-order valence-corrected chi connectivity index (χ3v) is 2.86. The number of thioether (sulfide) groups is 1. The van der Waals surface area contributed by atoms with Gasteiger partial charge < -0.3 is 5.32 Å². The number of halogens is 1. The van der Waals surface area contributed by atoms with Gasteiger partial charge in [0.15, 0.2) is 0 Å². The van der Waals surface area contributed by atoms with E-state index in [0.717, 1.165) is 0 Å². The van der Waals surface area contributed by atoms with Gasteiger partial charge in [-0.05, 0) is 19.1 Å². The molecular formula is C9H11ClN2OS. The lowest BCUT2D eigenvalue weighted by Gasteiger charge is -2.02. The molecule has 0 aliphatic carbocycles. The first-order chi connectivity index (χ1) is 6.74. The smallest absolute Gasteiger partial charge is 0.230 e. The van der Waals surface area contributed by atoms with E-state index >= 15 is 0 Å². The summed E-state index contributed by atoms with van der Waals surface area (Å²) in [6, 6.07) is 3.52. The third kappa shape index (κ3) is 3.55. The van der Waals surface area contributed by atoms with E-state index in [-0.39, 0.29) is 5.91 Å². The second-order valence-electron chi connectivity index (χ2n) is 2.53. The molecule has 1 heterocycles. The maximum Gasteiger partial charge on any atom is 0.230 e. The Labute approximate surface area is 92.2 Å². The van der Waals surface area contributed by atoms with Gasteiger partial charge >= 0.3 is 0 Å². The van der Waals surface area contributed by atoms with Crippen LogP contribution in [0.15, 0.2) is 23.4 Å². The Morgan fingerprint density at radius 2 is 2.50 bits per heavy atom. The average Bonchev–Trinajstić information content (AvgIpc) is 2.17. The molecule has 0 bridgehead atoms. The van der Waals surface area contributed by atoms with Gasteiger partial charge in [0.1, 0.15) is 5.03 Å². The number of rotatable bonds is 4. The molecule has 14 heavy (non-hydrogen) atoms. The number of carbonyl (C=O) groups is 1. The second-order valence-corrected chi connectivity index (χ2v) is 3.90. The molecule has 0 aromatic carbocycles. The van der Waals surface area contributed by atoms with Crippen molar-refractivity contribution in [1.82, 2.24) is 10.3 Å². The summed E-state index contributed by atoms with van der Waals surface area (Å²) in [6.45, 7) is 2.53. The van der Waals surface area contributed by atoms with Crippen LogP contribution in [0.4, 0.5) is 0 Å². The summed E-state index contributed by atoms with van der Waals surface area (Å²) >= 11 is 7.21. The van der Waals surface area contributed by atoms with E-state index in [9.17, 15) is 4.79 Å². The average molecular weight is 231 g/mol. The fourth-order valence-electron chi connectivity index (χ4n) is 0.860. The molecule has 1 aromatic rings. The van der Waals surface area contributed by atoms with Crippen LogP contribution in [0.2, 0.25) is 5.02 Å².